The van der Waals surface area contributed by atoms with E-state index in [2.05, 4.69) is 10.3 Å². The molecule has 1 N–H and O–H groups in total. The molecule has 0 aliphatic carbocycles. The second kappa shape index (κ2) is 10.7. The van der Waals surface area contributed by atoms with E-state index in [-0.39, 0.29) is 18.2 Å². The van der Waals surface area contributed by atoms with Crippen molar-refractivity contribution in [1.82, 2.24) is 5.01 Å². The molecular formula is C28H24F2N4O3S. The van der Waals surface area contributed by atoms with Gasteiger partial charge in [0.1, 0.15) is 11.0 Å². The van der Waals surface area contributed by atoms with Gasteiger partial charge in [-0.15, -0.1) is 0 Å². The van der Waals surface area contributed by atoms with E-state index < -0.39 is 28.7 Å². The summed E-state index contributed by atoms with van der Waals surface area (Å²) in [4.78, 5) is 29.5. The van der Waals surface area contributed by atoms with Crippen LogP contribution in [0, 0.1) is 18.6 Å². The van der Waals surface area contributed by atoms with Crippen molar-refractivity contribution in [1.29, 1.82) is 0 Å². The van der Waals surface area contributed by atoms with E-state index in [1.54, 1.807) is 12.1 Å². The Morgan fingerprint density at radius 3 is 2.50 bits per heavy atom. The van der Waals surface area contributed by atoms with Gasteiger partial charge in [0.15, 0.2) is 16.8 Å². The monoisotopic (exact) mass is 534 g/mol. The van der Waals surface area contributed by atoms with Crippen LogP contribution in [0.15, 0.2) is 76.8 Å². The molecule has 10 heteroatoms. The molecule has 5 rings (SSSR count). The molecule has 0 spiro atoms. The number of hydrazone groups is 1. The lowest BCUT2D eigenvalue weighted by Crippen LogP contribution is -2.25. The van der Waals surface area contributed by atoms with E-state index in [4.69, 9.17) is 9.84 Å². The van der Waals surface area contributed by atoms with Crippen LogP contribution in [0.3, 0.4) is 0 Å². The van der Waals surface area contributed by atoms with Crippen LogP contribution in [0.25, 0.3) is 0 Å². The number of thioether (sulfide) groups is 1. The number of nitrogens with one attached hydrogen (secondary N) is 1. The standard InChI is InChI=1S/C28H24F2N4O3S/c1-16-3-5-18(6-4-16)24-14-23(17-7-10-20(37-2)11-8-17)33-34(24)28-32-27(36)25(38-28)15-26(35)31-19-9-12-21(29)22(30)13-19/h3-13,24-25H,14-15H2,1-2H3,(H,31,35). The Morgan fingerprint density at radius 2 is 1.82 bits per heavy atom. The van der Waals surface area contributed by atoms with Crippen molar-refractivity contribution in [3.63, 3.8) is 0 Å². The summed E-state index contributed by atoms with van der Waals surface area (Å²) in [6, 6.07) is 18.6. The lowest BCUT2D eigenvalue weighted by atomic mass is 9.98. The number of amides is 2. The molecule has 2 heterocycles. The van der Waals surface area contributed by atoms with E-state index in [9.17, 15) is 18.4 Å². The highest BCUT2D eigenvalue weighted by Crippen LogP contribution is 2.39. The Labute approximate surface area is 222 Å². The molecule has 7 nitrogen and oxygen atoms in total. The summed E-state index contributed by atoms with van der Waals surface area (Å²) in [6.45, 7) is 2.01. The minimum absolute atomic E-state index is 0.109. The van der Waals surface area contributed by atoms with E-state index in [1.165, 1.54) is 17.8 Å². The van der Waals surface area contributed by atoms with Crippen LogP contribution >= 0.6 is 11.8 Å². The van der Waals surface area contributed by atoms with Crippen molar-refractivity contribution in [2.24, 2.45) is 10.1 Å². The first-order chi connectivity index (χ1) is 18.3. The molecule has 0 bridgehead atoms. The quantitative estimate of drug-likeness (QED) is 0.454. The number of hydrogen-bond acceptors (Lipinski definition) is 6. The molecule has 0 aromatic heterocycles. The predicted octanol–water partition coefficient (Wildman–Crippen LogP) is 5.46. The number of carbonyl (C=O) groups is 2. The molecule has 2 aliphatic heterocycles. The third-order valence-electron chi connectivity index (χ3n) is 6.29. The van der Waals surface area contributed by atoms with Crippen LogP contribution in [-0.4, -0.2) is 40.1 Å². The molecule has 2 aliphatic rings. The van der Waals surface area contributed by atoms with Gasteiger partial charge in [0.05, 0.1) is 18.9 Å². The summed E-state index contributed by atoms with van der Waals surface area (Å²) in [5, 5.41) is 8.75. The Hall–Kier alpha value is -4.05. The molecule has 0 radical (unpaired) electrons. The second-order valence-electron chi connectivity index (χ2n) is 8.97. The van der Waals surface area contributed by atoms with Gasteiger partial charge in [-0.05, 0) is 54.4 Å². The topological polar surface area (TPSA) is 83.4 Å². The van der Waals surface area contributed by atoms with Crippen molar-refractivity contribution >= 4 is 40.1 Å². The predicted molar refractivity (Wildman–Crippen MR) is 143 cm³/mol. The van der Waals surface area contributed by atoms with Gasteiger partial charge in [0, 0.05) is 24.6 Å². The third-order valence-corrected chi connectivity index (χ3v) is 7.44. The number of hydrogen-bond donors (Lipinski definition) is 1. The van der Waals surface area contributed by atoms with E-state index in [0.717, 1.165) is 40.3 Å². The van der Waals surface area contributed by atoms with Gasteiger partial charge >= 0.3 is 0 Å². The number of carbonyl (C=O) groups excluding carboxylic acids is 2. The highest BCUT2D eigenvalue weighted by atomic mass is 32.2. The van der Waals surface area contributed by atoms with Gasteiger partial charge < -0.3 is 10.1 Å². The largest absolute Gasteiger partial charge is 0.497 e. The molecule has 3 aromatic carbocycles. The van der Waals surface area contributed by atoms with Gasteiger partial charge in [-0.2, -0.15) is 10.1 Å². The summed E-state index contributed by atoms with van der Waals surface area (Å²) < 4.78 is 31.9. The lowest BCUT2D eigenvalue weighted by molar-refractivity contribution is -0.121. The number of methoxy groups -OCH3 is 1. The first-order valence-corrected chi connectivity index (χ1v) is 12.8. The van der Waals surface area contributed by atoms with Crippen molar-refractivity contribution in [2.45, 2.75) is 31.1 Å². The Kier molecular flexibility index (Phi) is 7.24. The number of rotatable bonds is 6. The van der Waals surface area contributed by atoms with Crippen molar-refractivity contribution in [3.05, 3.63) is 95.1 Å². The summed E-state index contributed by atoms with van der Waals surface area (Å²) in [6.07, 6.45) is 0.429. The SMILES string of the molecule is COc1ccc(C2=NN(C3=NC(=O)C(CC(=O)Nc4ccc(F)c(F)c4)S3)C(c3ccc(C)cc3)C2)cc1. The number of nitrogens with zero attached hydrogens (tertiary/aromatic N) is 3. The fourth-order valence-electron chi connectivity index (χ4n) is 4.25. The molecule has 0 fully saturated rings. The summed E-state index contributed by atoms with van der Waals surface area (Å²) >= 11 is 1.17. The van der Waals surface area contributed by atoms with Crippen LogP contribution in [0.4, 0.5) is 14.5 Å². The molecular weight excluding hydrogens is 510 g/mol. The van der Waals surface area contributed by atoms with Crippen LogP contribution in [0.2, 0.25) is 0 Å². The fourth-order valence-corrected chi connectivity index (χ4v) is 5.31. The minimum Gasteiger partial charge on any atom is -0.497 e. The van der Waals surface area contributed by atoms with Crippen LogP contribution in [-0.2, 0) is 9.59 Å². The second-order valence-corrected chi connectivity index (χ2v) is 10.1. The molecule has 0 saturated heterocycles. The van der Waals surface area contributed by atoms with Gasteiger partial charge in [0.2, 0.25) is 5.91 Å². The lowest BCUT2D eigenvalue weighted by Gasteiger charge is -2.23. The molecule has 2 atom stereocenters. The maximum atomic E-state index is 13.5. The van der Waals surface area contributed by atoms with Gasteiger partial charge in [-0.3, -0.25) is 9.59 Å². The number of aryl methyl sites for hydroxylation is 1. The third kappa shape index (κ3) is 5.45. The van der Waals surface area contributed by atoms with Crippen LogP contribution in [0.1, 0.15) is 35.6 Å². The van der Waals surface area contributed by atoms with E-state index in [0.29, 0.717) is 11.6 Å². The fraction of sp³-hybridized carbons (Fsp3) is 0.214. The summed E-state index contributed by atoms with van der Waals surface area (Å²) in [7, 11) is 1.61. The number of anilines is 1. The molecule has 0 saturated carbocycles. The average Bonchev–Trinajstić information content (AvgIpc) is 3.51. The summed E-state index contributed by atoms with van der Waals surface area (Å²) in [5.74, 6) is -2.28. The number of aliphatic imine (C=N–C) groups is 1. The van der Waals surface area contributed by atoms with Gasteiger partial charge in [0.25, 0.3) is 5.91 Å². The van der Waals surface area contributed by atoms with Crippen LogP contribution < -0.4 is 10.1 Å². The highest BCUT2D eigenvalue weighted by molar-refractivity contribution is 8.15. The molecule has 3 aromatic rings. The zero-order chi connectivity index (χ0) is 26.8. The normalized spacial score (nSPS) is 18.8. The molecule has 2 unspecified atom stereocenters. The summed E-state index contributed by atoms with van der Waals surface area (Å²) in [5.41, 5.74) is 4.04. The van der Waals surface area contributed by atoms with Gasteiger partial charge in [-0.25, -0.2) is 13.8 Å². The Balaban J connectivity index is 1.34. The van der Waals surface area contributed by atoms with Crippen molar-refractivity contribution in [2.75, 3.05) is 12.4 Å². The van der Waals surface area contributed by atoms with Crippen LogP contribution in [0.5, 0.6) is 5.75 Å². The number of amidine groups is 1. The highest BCUT2D eigenvalue weighted by Gasteiger charge is 2.39. The maximum absolute atomic E-state index is 13.5. The zero-order valence-corrected chi connectivity index (χ0v) is 21.5. The number of benzene rings is 3. The number of ether oxygens (including phenoxy) is 1. The molecule has 38 heavy (non-hydrogen) atoms. The van der Waals surface area contributed by atoms with E-state index >= 15 is 0 Å². The van der Waals surface area contributed by atoms with Crippen molar-refractivity contribution in [3.8, 4) is 5.75 Å². The molecule has 2 amide bonds. The Morgan fingerprint density at radius 1 is 1.08 bits per heavy atom. The zero-order valence-electron chi connectivity index (χ0n) is 20.7. The number of halogens is 2. The first-order valence-electron chi connectivity index (χ1n) is 11.9. The minimum atomic E-state index is -1.07. The average molecular weight is 535 g/mol. The maximum Gasteiger partial charge on any atom is 0.262 e. The first kappa shape index (κ1) is 25.6. The van der Waals surface area contributed by atoms with Gasteiger partial charge in [-0.1, -0.05) is 41.6 Å². The Bertz CT molecular complexity index is 1440. The smallest absolute Gasteiger partial charge is 0.262 e. The molecule has 194 valence electrons. The van der Waals surface area contributed by atoms with E-state index in [1.807, 2.05) is 55.5 Å². The van der Waals surface area contributed by atoms with Crippen molar-refractivity contribution < 1.29 is 23.1 Å².